The summed E-state index contributed by atoms with van der Waals surface area (Å²) in [6.07, 6.45) is 7.05. The van der Waals surface area contributed by atoms with Gasteiger partial charge in [0.15, 0.2) is 0 Å². The Labute approximate surface area is 183 Å². The van der Waals surface area contributed by atoms with Gasteiger partial charge in [0.05, 0.1) is 0 Å². The average molecular weight is 397 g/mol. The highest BCUT2D eigenvalue weighted by atomic mass is 14.3. The molecule has 0 saturated heterocycles. The monoisotopic (exact) mass is 396 g/mol. The van der Waals surface area contributed by atoms with Crippen LogP contribution in [0.2, 0.25) is 0 Å². The molecule has 3 aliphatic carbocycles. The molecule has 3 aliphatic rings. The van der Waals surface area contributed by atoms with Crippen LogP contribution in [0.5, 0.6) is 0 Å². The summed E-state index contributed by atoms with van der Waals surface area (Å²) in [5.41, 5.74) is 16.3. The average Bonchev–Trinajstić information content (AvgIpc) is 3.53. The molecule has 0 aliphatic heterocycles. The molecular weight excluding hydrogens is 372 g/mol. The Kier molecular flexibility index (Phi) is 3.66. The Hall–Kier alpha value is -3.38. The fourth-order valence-electron chi connectivity index (χ4n) is 6.26. The summed E-state index contributed by atoms with van der Waals surface area (Å²) in [5.74, 6) is 0.500. The minimum absolute atomic E-state index is 0.500. The minimum atomic E-state index is 0.500. The molecule has 7 rings (SSSR count). The van der Waals surface area contributed by atoms with E-state index in [1.54, 1.807) is 16.7 Å². The van der Waals surface area contributed by atoms with Crippen molar-refractivity contribution in [2.75, 3.05) is 0 Å². The molecule has 0 N–H and O–H groups in total. The van der Waals surface area contributed by atoms with Crippen molar-refractivity contribution < 1.29 is 0 Å². The molecule has 0 radical (unpaired) electrons. The third-order valence-corrected chi connectivity index (χ3v) is 7.62. The van der Waals surface area contributed by atoms with Gasteiger partial charge < -0.3 is 0 Å². The number of rotatable bonds is 2. The van der Waals surface area contributed by atoms with E-state index in [2.05, 4.69) is 91.0 Å². The summed E-state index contributed by atoms with van der Waals surface area (Å²) in [6.45, 7) is 0. The van der Waals surface area contributed by atoms with Crippen LogP contribution in [-0.2, 0) is 12.8 Å². The lowest BCUT2D eigenvalue weighted by atomic mass is 9.82. The lowest BCUT2D eigenvalue weighted by Crippen LogP contribution is -2.04. The Morgan fingerprint density at radius 2 is 1.10 bits per heavy atom. The molecule has 0 spiro atoms. The maximum absolute atomic E-state index is 2.52. The van der Waals surface area contributed by atoms with Gasteiger partial charge in [0.1, 0.15) is 0 Å². The molecule has 148 valence electrons. The molecule has 0 bridgehead atoms. The highest BCUT2D eigenvalue weighted by Gasteiger charge is 2.31. The fourth-order valence-corrected chi connectivity index (χ4v) is 6.26. The topological polar surface area (TPSA) is 0 Å². The first-order chi connectivity index (χ1) is 15.4. The molecule has 0 nitrogen and oxygen atoms in total. The van der Waals surface area contributed by atoms with E-state index < -0.39 is 0 Å². The van der Waals surface area contributed by atoms with Gasteiger partial charge >= 0.3 is 0 Å². The lowest BCUT2D eigenvalue weighted by Gasteiger charge is -2.21. The summed E-state index contributed by atoms with van der Waals surface area (Å²) in [7, 11) is 0. The second-order valence-electron chi connectivity index (χ2n) is 9.16. The molecule has 0 amide bonds. The van der Waals surface area contributed by atoms with Gasteiger partial charge in [-0.1, -0.05) is 91.0 Å². The first kappa shape index (κ1) is 17.3. The first-order valence-electron chi connectivity index (χ1n) is 11.5. The van der Waals surface area contributed by atoms with Gasteiger partial charge in [-0.2, -0.15) is 0 Å². The van der Waals surface area contributed by atoms with Gasteiger partial charge in [-0.15, -0.1) is 0 Å². The fraction of sp³-hybridized carbons (Fsp3) is 0.161. The summed E-state index contributed by atoms with van der Waals surface area (Å²) in [4.78, 5) is 0. The van der Waals surface area contributed by atoms with Crippen molar-refractivity contribution in [1.29, 1.82) is 0 Å². The van der Waals surface area contributed by atoms with Crippen LogP contribution in [-0.4, -0.2) is 0 Å². The van der Waals surface area contributed by atoms with Crippen molar-refractivity contribution in [2.24, 2.45) is 0 Å². The predicted octanol–water partition coefficient (Wildman–Crippen LogP) is 7.79. The highest BCUT2D eigenvalue weighted by molar-refractivity contribution is 5.87. The zero-order valence-corrected chi connectivity index (χ0v) is 17.6. The van der Waals surface area contributed by atoms with Crippen LogP contribution >= 0.6 is 0 Å². The largest absolute Gasteiger partial charge is 0.0801 e. The van der Waals surface area contributed by atoms with Crippen LogP contribution in [0.15, 0.2) is 91.0 Å². The second-order valence-corrected chi connectivity index (χ2v) is 9.16. The smallest absolute Gasteiger partial charge is 0.00982 e. The van der Waals surface area contributed by atoms with E-state index in [4.69, 9.17) is 0 Å². The quantitative estimate of drug-likeness (QED) is 0.280. The van der Waals surface area contributed by atoms with Gasteiger partial charge in [0, 0.05) is 5.92 Å². The van der Waals surface area contributed by atoms with E-state index in [0.29, 0.717) is 5.92 Å². The van der Waals surface area contributed by atoms with Crippen molar-refractivity contribution in [2.45, 2.75) is 31.6 Å². The Morgan fingerprint density at radius 3 is 1.87 bits per heavy atom. The summed E-state index contributed by atoms with van der Waals surface area (Å²) in [6, 6.07) is 31.8. The number of allylic oxidation sites excluding steroid dienone is 2. The molecule has 4 aromatic carbocycles. The van der Waals surface area contributed by atoms with Crippen LogP contribution < -0.4 is 0 Å². The standard InChI is InChI=1S/C31H24/c1-3-10-22-20(8-1)18-30-24(22)12-5-16-28(30)26-14-7-15-27(26)29-17-6-13-25-23-11-4-2-9-21(23)19-31(25)29/h1-6,8-14,16-17,27H,7,15,18-19H2. The first-order valence-corrected chi connectivity index (χ1v) is 11.5. The van der Waals surface area contributed by atoms with E-state index in [9.17, 15) is 0 Å². The third kappa shape index (κ3) is 2.48. The lowest BCUT2D eigenvalue weighted by molar-refractivity contribution is 0.802. The van der Waals surface area contributed by atoms with E-state index in [1.165, 1.54) is 57.3 Å². The van der Waals surface area contributed by atoms with Crippen LogP contribution in [0, 0.1) is 0 Å². The molecule has 0 saturated carbocycles. The van der Waals surface area contributed by atoms with Crippen LogP contribution in [0.4, 0.5) is 0 Å². The number of hydrogen-bond donors (Lipinski definition) is 0. The SMILES string of the molecule is C1=C(c2cccc3c2Cc2ccccc2-3)C(c2cccc3c2Cc2ccccc2-3)CC1. The molecule has 31 heavy (non-hydrogen) atoms. The van der Waals surface area contributed by atoms with E-state index in [1.807, 2.05) is 0 Å². The number of fused-ring (bicyclic) bond motifs is 6. The molecule has 4 aromatic rings. The zero-order chi connectivity index (χ0) is 20.4. The predicted molar refractivity (Wildman–Crippen MR) is 129 cm³/mol. The second kappa shape index (κ2) is 6.56. The molecule has 1 atom stereocenters. The van der Waals surface area contributed by atoms with E-state index in [0.717, 1.165) is 12.8 Å². The maximum Gasteiger partial charge on any atom is 0.00982 e. The maximum atomic E-state index is 2.52. The number of hydrogen-bond acceptors (Lipinski definition) is 0. The van der Waals surface area contributed by atoms with Crippen LogP contribution in [0.25, 0.3) is 27.8 Å². The Morgan fingerprint density at radius 1 is 0.516 bits per heavy atom. The van der Waals surface area contributed by atoms with Gasteiger partial charge in [-0.25, -0.2) is 0 Å². The molecular formula is C31H24. The van der Waals surface area contributed by atoms with Gasteiger partial charge in [-0.3, -0.25) is 0 Å². The van der Waals surface area contributed by atoms with Crippen molar-refractivity contribution in [3.05, 3.63) is 124 Å². The normalized spacial score (nSPS) is 17.7. The summed E-state index contributed by atoms with van der Waals surface area (Å²) >= 11 is 0. The van der Waals surface area contributed by atoms with Gasteiger partial charge in [0.25, 0.3) is 0 Å². The van der Waals surface area contributed by atoms with Crippen molar-refractivity contribution in [1.82, 2.24) is 0 Å². The summed E-state index contributed by atoms with van der Waals surface area (Å²) in [5, 5.41) is 0. The highest BCUT2D eigenvalue weighted by Crippen LogP contribution is 2.49. The third-order valence-electron chi connectivity index (χ3n) is 7.62. The molecule has 0 heterocycles. The summed E-state index contributed by atoms with van der Waals surface area (Å²) < 4.78 is 0. The van der Waals surface area contributed by atoms with E-state index >= 15 is 0 Å². The van der Waals surface area contributed by atoms with Crippen molar-refractivity contribution >= 4 is 5.57 Å². The Bertz CT molecular complexity index is 1390. The van der Waals surface area contributed by atoms with Crippen molar-refractivity contribution in [3.8, 4) is 22.3 Å². The molecule has 0 heteroatoms. The molecule has 0 fully saturated rings. The van der Waals surface area contributed by atoms with Crippen LogP contribution in [0.3, 0.4) is 0 Å². The van der Waals surface area contributed by atoms with Crippen molar-refractivity contribution in [3.63, 3.8) is 0 Å². The molecule has 1 unspecified atom stereocenters. The van der Waals surface area contributed by atoms with Crippen LogP contribution in [0.1, 0.15) is 52.1 Å². The van der Waals surface area contributed by atoms with Gasteiger partial charge in [-0.05, 0) is 86.9 Å². The molecule has 0 aromatic heterocycles. The van der Waals surface area contributed by atoms with Gasteiger partial charge in [0.2, 0.25) is 0 Å². The zero-order valence-electron chi connectivity index (χ0n) is 17.6. The van der Waals surface area contributed by atoms with E-state index in [-0.39, 0.29) is 0 Å². The minimum Gasteiger partial charge on any atom is -0.0801 e. The number of benzene rings is 4. The Balaban J connectivity index is 1.34.